The molecule has 0 aliphatic heterocycles. The van der Waals surface area contributed by atoms with E-state index in [1.165, 1.54) is 11.8 Å². The van der Waals surface area contributed by atoms with Gasteiger partial charge in [0.05, 0.1) is 0 Å². The molecule has 0 heterocycles. The van der Waals surface area contributed by atoms with Gasteiger partial charge in [0, 0.05) is 19.5 Å². The summed E-state index contributed by atoms with van der Waals surface area (Å²) in [5.74, 6) is 0. The van der Waals surface area contributed by atoms with Crippen molar-refractivity contribution in [1.82, 2.24) is 0 Å². The summed E-state index contributed by atoms with van der Waals surface area (Å²) in [4.78, 5) is 0. The van der Waals surface area contributed by atoms with Gasteiger partial charge in [-0.2, -0.15) is 0 Å². The summed E-state index contributed by atoms with van der Waals surface area (Å²) >= 11 is 5.83. The summed E-state index contributed by atoms with van der Waals surface area (Å²) in [5, 5.41) is 0. The van der Waals surface area contributed by atoms with Gasteiger partial charge < -0.3 is 5.73 Å². The van der Waals surface area contributed by atoms with Crippen molar-refractivity contribution < 1.29 is 19.5 Å². The Morgan fingerprint density at radius 3 is 2.00 bits per heavy atom. The van der Waals surface area contributed by atoms with Crippen LogP contribution in [0.1, 0.15) is 0 Å². The van der Waals surface area contributed by atoms with E-state index >= 15 is 0 Å². The van der Waals surface area contributed by atoms with Gasteiger partial charge in [0.1, 0.15) is 4.32 Å². The Morgan fingerprint density at radius 1 is 1.83 bits per heavy atom. The predicted molar refractivity (Wildman–Crippen MR) is 30.3 cm³/mol. The summed E-state index contributed by atoms with van der Waals surface area (Å²) in [7, 11) is 0. The van der Waals surface area contributed by atoms with Crippen LogP contribution in [0.3, 0.4) is 0 Å². The van der Waals surface area contributed by atoms with Gasteiger partial charge in [0.2, 0.25) is 0 Å². The van der Waals surface area contributed by atoms with Crippen LogP contribution < -0.4 is 5.73 Å². The monoisotopic (exact) mass is 171 g/mol. The molecule has 0 aromatic carbocycles. The molecule has 0 atom stereocenters. The summed E-state index contributed by atoms with van der Waals surface area (Å²) < 4.78 is 0.505. The topological polar surface area (TPSA) is 26.0 Å². The van der Waals surface area contributed by atoms with Gasteiger partial charge in [-0.25, -0.2) is 0 Å². The fourth-order valence-electron chi connectivity index (χ4n) is 0. The quantitative estimate of drug-likeness (QED) is 0.428. The number of nitrogens with two attached hydrogens (primary N) is 1. The van der Waals surface area contributed by atoms with Crippen molar-refractivity contribution in [2.24, 2.45) is 5.73 Å². The van der Waals surface area contributed by atoms with Crippen molar-refractivity contribution in [3.05, 3.63) is 0 Å². The zero-order chi connectivity index (χ0) is 4.28. The van der Waals surface area contributed by atoms with Crippen LogP contribution in [0.25, 0.3) is 0 Å². The van der Waals surface area contributed by atoms with Crippen LogP contribution >= 0.6 is 24.0 Å². The Bertz CT molecular complexity index is 46.8. The summed E-state index contributed by atoms with van der Waals surface area (Å²) in [6.45, 7) is 0. The van der Waals surface area contributed by atoms with E-state index in [9.17, 15) is 0 Å². The van der Waals surface area contributed by atoms with Crippen LogP contribution in [0.4, 0.5) is 0 Å². The number of hydrogen-bond acceptors (Lipinski definition) is 2. The minimum Gasteiger partial charge on any atom is -0.385 e. The predicted octanol–water partition coefficient (Wildman–Crippen LogP) is 0.591. The Hall–Kier alpha value is 0.863. The van der Waals surface area contributed by atoms with Crippen molar-refractivity contribution >= 4 is 28.3 Å². The summed E-state index contributed by atoms with van der Waals surface area (Å²) in [6.07, 6.45) is 1.85. The van der Waals surface area contributed by atoms with Gasteiger partial charge in [-0.15, -0.1) is 11.8 Å². The molecule has 1 nitrogen and oxygen atoms in total. The first-order chi connectivity index (χ1) is 2.27. The first kappa shape index (κ1) is 9.98. The van der Waals surface area contributed by atoms with Gasteiger partial charge in [0.25, 0.3) is 0 Å². The Kier molecular flexibility index (Phi) is 9.75. The molecule has 0 aliphatic rings. The molecule has 0 amide bonds. The number of hydrogen-bond donors (Lipinski definition) is 1. The molecule has 0 rings (SSSR count). The maximum atomic E-state index is 4.99. The molecule has 2 N–H and O–H groups in total. The van der Waals surface area contributed by atoms with Gasteiger partial charge in [-0.05, 0) is 6.26 Å². The van der Waals surface area contributed by atoms with Crippen LogP contribution in [0.5, 0.6) is 0 Å². The van der Waals surface area contributed by atoms with Gasteiger partial charge >= 0.3 is 0 Å². The zero-order valence-electron chi connectivity index (χ0n) is 3.60. The first-order valence-corrected chi connectivity index (χ1v) is 2.74. The van der Waals surface area contributed by atoms with Crippen LogP contribution in [0.15, 0.2) is 0 Å². The van der Waals surface area contributed by atoms with E-state index < -0.39 is 0 Å². The third kappa shape index (κ3) is 8.85. The summed E-state index contributed by atoms with van der Waals surface area (Å²) in [6, 6.07) is 0. The van der Waals surface area contributed by atoms with Crippen LogP contribution in [0, 0.1) is 0 Å². The van der Waals surface area contributed by atoms with Crippen LogP contribution in [-0.2, 0) is 19.5 Å². The van der Waals surface area contributed by atoms with Gasteiger partial charge in [-0.3, -0.25) is 0 Å². The normalized spacial score (nSPS) is 6.17. The second kappa shape index (κ2) is 5.86. The molecule has 4 heteroatoms. The van der Waals surface area contributed by atoms with E-state index in [4.69, 9.17) is 5.73 Å². The Labute approximate surface area is 59.8 Å². The zero-order valence-corrected chi connectivity index (χ0v) is 8.20. The largest absolute Gasteiger partial charge is 0.385 e. The van der Waals surface area contributed by atoms with E-state index in [2.05, 4.69) is 12.2 Å². The second-order valence-corrected chi connectivity index (χ2v) is 2.07. The molecule has 32 valence electrons. The van der Waals surface area contributed by atoms with Crippen molar-refractivity contribution in [1.29, 1.82) is 0 Å². The standard InChI is InChI=1S/C2H5NS2.Zn/c1-5-2(3)4;/h1H3,(H2,3,4);. The molecule has 0 bridgehead atoms. The molecule has 0 saturated carbocycles. The fourth-order valence-corrected chi connectivity index (χ4v) is 0. The average Bonchev–Trinajstić information content (AvgIpc) is 1.38. The van der Waals surface area contributed by atoms with E-state index in [0.717, 1.165) is 0 Å². The van der Waals surface area contributed by atoms with Crippen molar-refractivity contribution in [3.63, 3.8) is 0 Å². The average molecular weight is 173 g/mol. The Balaban J connectivity index is 0. The van der Waals surface area contributed by atoms with Gasteiger partial charge in [0.15, 0.2) is 0 Å². The van der Waals surface area contributed by atoms with Crippen molar-refractivity contribution in [3.8, 4) is 0 Å². The molecule has 0 fully saturated rings. The molecule has 0 aromatic rings. The third-order valence-corrected chi connectivity index (χ3v) is 1.10. The van der Waals surface area contributed by atoms with E-state index in [1.807, 2.05) is 6.26 Å². The number of rotatable bonds is 0. The minimum absolute atomic E-state index is 0. The molecule has 0 aliphatic carbocycles. The molecule has 0 aromatic heterocycles. The molecule has 0 unspecified atom stereocenters. The molecular weight excluding hydrogens is 168 g/mol. The van der Waals surface area contributed by atoms with Crippen LogP contribution in [-0.4, -0.2) is 10.6 Å². The Morgan fingerprint density at radius 2 is 2.00 bits per heavy atom. The minimum atomic E-state index is 0. The second-order valence-electron chi connectivity index (χ2n) is 0.523. The smallest absolute Gasteiger partial charge is 0.130 e. The maximum Gasteiger partial charge on any atom is 0.130 e. The van der Waals surface area contributed by atoms with Gasteiger partial charge in [-0.1, -0.05) is 12.2 Å². The number of thiocarbonyl (C=S) groups is 1. The van der Waals surface area contributed by atoms with Crippen LogP contribution in [0.2, 0.25) is 0 Å². The molecular formula is C2H5NS2Zn. The molecule has 6 heavy (non-hydrogen) atoms. The fraction of sp³-hybridized carbons (Fsp3) is 0.500. The van der Waals surface area contributed by atoms with Crippen molar-refractivity contribution in [2.75, 3.05) is 6.26 Å². The van der Waals surface area contributed by atoms with Crippen molar-refractivity contribution in [2.45, 2.75) is 0 Å². The van der Waals surface area contributed by atoms with E-state index in [1.54, 1.807) is 0 Å². The molecule has 0 radical (unpaired) electrons. The third-order valence-electron chi connectivity index (χ3n) is 0.201. The number of thioether (sulfide) groups is 1. The maximum absolute atomic E-state index is 4.99. The van der Waals surface area contributed by atoms with E-state index in [-0.39, 0.29) is 19.5 Å². The first-order valence-electron chi connectivity index (χ1n) is 1.11. The molecule has 0 spiro atoms. The SMILES string of the molecule is CSC(N)=S.[Zn]. The molecule has 0 saturated heterocycles. The summed E-state index contributed by atoms with van der Waals surface area (Å²) in [5.41, 5.74) is 4.99. The van der Waals surface area contributed by atoms with E-state index in [0.29, 0.717) is 4.32 Å².